The molecule has 0 aromatic carbocycles. The number of ether oxygens (including phenoxy) is 1. The Balaban J connectivity index is 3.27. The van der Waals surface area contributed by atoms with Crippen LogP contribution in [0.3, 0.4) is 0 Å². The highest BCUT2D eigenvalue weighted by molar-refractivity contribution is 4.51. The summed E-state index contributed by atoms with van der Waals surface area (Å²) in [6, 6.07) is 0. The summed E-state index contributed by atoms with van der Waals surface area (Å²) in [5.74, 6) is 0. The van der Waals surface area contributed by atoms with Crippen LogP contribution in [0, 0.1) is 0 Å². The minimum Gasteiger partial charge on any atom is -0.396 e. The highest BCUT2D eigenvalue weighted by Crippen LogP contribution is 1.95. The molecule has 0 aromatic rings. The molecule has 1 unspecified atom stereocenters. The first-order valence-corrected chi connectivity index (χ1v) is 3.33. The number of aliphatic hydroxyl groups excluding tert-OH is 2. The van der Waals surface area contributed by atoms with Crippen LogP contribution in [0.1, 0.15) is 13.3 Å². The summed E-state index contributed by atoms with van der Waals surface area (Å²) < 4.78 is 5.01. The molecule has 4 nitrogen and oxygen atoms in total. The monoisotopic (exact) mass is 149 g/mol. The maximum absolute atomic E-state index is 8.51. The molecule has 62 valence electrons. The van der Waals surface area contributed by atoms with Crippen molar-refractivity contribution in [1.29, 1.82) is 0 Å². The Kier molecular flexibility index (Phi) is 5.52. The third-order valence-electron chi connectivity index (χ3n) is 1.08. The van der Waals surface area contributed by atoms with Crippen LogP contribution >= 0.6 is 0 Å². The van der Waals surface area contributed by atoms with E-state index in [1.807, 2.05) is 0 Å². The van der Waals surface area contributed by atoms with E-state index in [1.165, 1.54) is 0 Å². The fraction of sp³-hybridized carbons (Fsp3) is 1.00. The Morgan fingerprint density at radius 1 is 1.50 bits per heavy atom. The number of hydrogen-bond donors (Lipinski definition) is 3. The minimum absolute atomic E-state index is 0.0132. The van der Waals surface area contributed by atoms with Crippen molar-refractivity contribution in [3.63, 3.8) is 0 Å². The summed E-state index contributed by atoms with van der Waals surface area (Å²) in [4.78, 5) is 0. The second-order valence-electron chi connectivity index (χ2n) is 2.18. The molecule has 10 heavy (non-hydrogen) atoms. The van der Waals surface area contributed by atoms with Gasteiger partial charge in [0.25, 0.3) is 0 Å². The zero-order chi connectivity index (χ0) is 7.98. The van der Waals surface area contributed by atoms with E-state index >= 15 is 0 Å². The topological polar surface area (TPSA) is 75.7 Å². The van der Waals surface area contributed by atoms with Gasteiger partial charge in [0.05, 0.1) is 12.7 Å². The lowest BCUT2D eigenvalue weighted by Crippen LogP contribution is -2.30. The highest BCUT2D eigenvalue weighted by Gasteiger charge is 2.05. The molecule has 0 fully saturated rings. The zero-order valence-corrected chi connectivity index (χ0v) is 6.16. The molecular weight excluding hydrogens is 134 g/mol. The van der Waals surface area contributed by atoms with E-state index in [1.54, 1.807) is 6.92 Å². The van der Waals surface area contributed by atoms with Crippen molar-refractivity contribution in [3.05, 3.63) is 0 Å². The largest absolute Gasteiger partial charge is 0.396 e. The van der Waals surface area contributed by atoms with Crippen LogP contribution in [0.4, 0.5) is 0 Å². The summed E-state index contributed by atoms with van der Waals surface area (Å²) in [5, 5.41) is 16.9. The second-order valence-corrected chi connectivity index (χ2v) is 2.18. The van der Waals surface area contributed by atoms with Gasteiger partial charge in [0.15, 0.2) is 0 Å². The van der Waals surface area contributed by atoms with Gasteiger partial charge < -0.3 is 20.7 Å². The number of rotatable bonds is 5. The van der Waals surface area contributed by atoms with Gasteiger partial charge in [0.2, 0.25) is 0 Å². The Bertz CT molecular complexity index is 79.4. The van der Waals surface area contributed by atoms with Gasteiger partial charge in [-0.05, 0) is 6.92 Å². The maximum atomic E-state index is 8.51. The molecule has 0 aliphatic carbocycles. The summed E-state index contributed by atoms with van der Waals surface area (Å²) in [6.07, 6.45) is -0.307. The molecule has 0 radical (unpaired) electrons. The SMILES string of the molecule is CC(CO)O[C@H](N)CCO. The van der Waals surface area contributed by atoms with Crippen LogP contribution in [-0.4, -0.2) is 35.8 Å². The van der Waals surface area contributed by atoms with Gasteiger partial charge in [0, 0.05) is 13.0 Å². The average Bonchev–Trinajstić information content (AvgIpc) is 1.88. The van der Waals surface area contributed by atoms with Crippen molar-refractivity contribution in [3.8, 4) is 0 Å². The van der Waals surface area contributed by atoms with Gasteiger partial charge in [-0.1, -0.05) is 0 Å². The van der Waals surface area contributed by atoms with E-state index in [9.17, 15) is 0 Å². The van der Waals surface area contributed by atoms with Crippen LogP contribution in [0.15, 0.2) is 0 Å². The van der Waals surface area contributed by atoms with E-state index in [-0.39, 0.29) is 19.3 Å². The number of hydrogen-bond acceptors (Lipinski definition) is 4. The lowest BCUT2D eigenvalue weighted by molar-refractivity contribution is -0.0349. The summed E-state index contributed by atoms with van der Waals surface area (Å²) in [6.45, 7) is 1.69. The van der Waals surface area contributed by atoms with Crippen molar-refractivity contribution < 1.29 is 14.9 Å². The van der Waals surface area contributed by atoms with Crippen molar-refractivity contribution in [2.45, 2.75) is 25.7 Å². The summed E-state index contributed by atoms with van der Waals surface area (Å²) in [7, 11) is 0. The lowest BCUT2D eigenvalue weighted by Gasteiger charge is -2.15. The molecule has 4 N–H and O–H groups in total. The molecule has 0 aliphatic rings. The predicted molar refractivity (Wildman–Crippen MR) is 37.3 cm³/mol. The third-order valence-corrected chi connectivity index (χ3v) is 1.08. The zero-order valence-electron chi connectivity index (χ0n) is 6.16. The molecule has 0 saturated carbocycles. The number of nitrogens with two attached hydrogens (primary N) is 1. The maximum Gasteiger partial charge on any atom is 0.108 e. The molecule has 0 amide bonds. The van der Waals surface area contributed by atoms with Crippen LogP contribution < -0.4 is 5.73 Å². The second kappa shape index (κ2) is 5.61. The van der Waals surface area contributed by atoms with Gasteiger partial charge >= 0.3 is 0 Å². The standard InChI is InChI=1S/C6H15NO3/c1-5(4-9)10-6(7)2-3-8/h5-6,8-9H,2-4,7H2,1H3/t5?,6-/m0/s1. The molecule has 4 heteroatoms. The summed E-state index contributed by atoms with van der Waals surface area (Å²) in [5.41, 5.74) is 5.37. The fourth-order valence-electron chi connectivity index (χ4n) is 0.537. The Labute approximate surface area is 60.6 Å². The highest BCUT2D eigenvalue weighted by atomic mass is 16.5. The first kappa shape index (κ1) is 9.84. The van der Waals surface area contributed by atoms with Gasteiger partial charge in [-0.3, -0.25) is 0 Å². The first-order chi connectivity index (χ1) is 4.70. The van der Waals surface area contributed by atoms with Gasteiger partial charge in [0.1, 0.15) is 6.23 Å². The molecule has 0 aromatic heterocycles. The predicted octanol–water partition coefficient (Wildman–Crippen LogP) is -0.949. The molecule has 0 aliphatic heterocycles. The molecule has 0 rings (SSSR count). The molecule has 0 heterocycles. The van der Waals surface area contributed by atoms with Crippen LogP contribution in [0.2, 0.25) is 0 Å². The Morgan fingerprint density at radius 2 is 2.10 bits per heavy atom. The first-order valence-electron chi connectivity index (χ1n) is 3.33. The van der Waals surface area contributed by atoms with Crippen LogP contribution in [0.5, 0.6) is 0 Å². The molecule has 0 spiro atoms. The van der Waals surface area contributed by atoms with E-state index < -0.39 is 6.23 Å². The average molecular weight is 149 g/mol. The smallest absolute Gasteiger partial charge is 0.108 e. The fourth-order valence-corrected chi connectivity index (χ4v) is 0.537. The quantitative estimate of drug-likeness (QED) is 0.440. The molecule has 2 atom stereocenters. The van der Waals surface area contributed by atoms with Crippen molar-refractivity contribution in [1.82, 2.24) is 0 Å². The van der Waals surface area contributed by atoms with Crippen molar-refractivity contribution in [2.24, 2.45) is 5.73 Å². The normalized spacial score (nSPS) is 16.8. The summed E-state index contributed by atoms with van der Waals surface area (Å²) >= 11 is 0. The van der Waals surface area contributed by atoms with E-state index in [0.717, 1.165) is 0 Å². The lowest BCUT2D eigenvalue weighted by atomic mass is 10.4. The third kappa shape index (κ3) is 4.69. The van der Waals surface area contributed by atoms with Crippen LogP contribution in [0.25, 0.3) is 0 Å². The Hall–Kier alpha value is -0.160. The van der Waals surface area contributed by atoms with Gasteiger partial charge in [-0.15, -0.1) is 0 Å². The number of aliphatic hydroxyl groups is 2. The molecule has 0 saturated heterocycles. The van der Waals surface area contributed by atoms with E-state index in [4.69, 9.17) is 20.7 Å². The van der Waals surface area contributed by atoms with Gasteiger partial charge in [-0.2, -0.15) is 0 Å². The van der Waals surface area contributed by atoms with Gasteiger partial charge in [-0.25, -0.2) is 0 Å². The van der Waals surface area contributed by atoms with Crippen molar-refractivity contribution in [2.75, 3.05) is 13.2 Å². The van der Waals surface area contributed by atoms with E-state index in [0.29, 0.717) is 6.42 Å². The van der Waals surface area contributed by atoms with E-state index in [2.05, 4.69) is 0 Å². The van der Waals surface area contributed by atoms with Crippen LogP contribution in [-0.2, 0) is 4.74 Å². The van der Waals surface area contributed by atoms with Crippen molar-refractivity contribution >= 4 is 0 Å². The molecular formula is C6H15NO3. The Morgan fingerprint density at radius 3 is 2.50 bits per heavy atom. The molecule has 0 bridgehead atoms. The minimum atomic E-state index is -0.466.